The summed E-state index contributed by atoms with van der Waals surface area (Å²) >= 11 is 0. The maximum Gasteiger partial charge on any atom is 0.127 e. The number of rotatable bonds is 9. The van der Waals surface area contributed by atoms with Crippen molar-refractivity contribution in [1.29, 1.82) is 0 Å². The molecule has 1 saturated heterocycles. The van der Waals surface area contributed by atoms with Gasteiger partial charge in [0.25, 0.3) is 0 Å². The molecule has 152 valence electrons. The Morgan fingerprint density at radius 1 is 0.655 bits per heavy atom. The molecule has 3 aromatic carbocycles. The van der Waals surface area contributed by atoms with Gasteiger partial charge in [-0.25, -0.2) is 0 Å². The van der Waals surface area contributed by atoms with E-state index >= 15 is 0 Å². The topological polar surface area (TPSA) is 27.3 Å². The Morgan fingerprint density at radius 3 is 2.24 bits per heavy atom. The summed E-state index contributed by atoms with van der Waals surface area (Å²) in [5.41, 5.74) is 1.44. The molecular formula is C25H32N2O2+2. The van der Waals surface area contributed by atoms with E-state index in [1.54, 1.807) is 9.80 Å². The van der Waals surface area contributed by atoms with E-state index in [0.717, 1.165) is 30.8 Å². The van der Waals surface area contributed by atoms with Gasteiger partial charge in [0.15, 0.2) is 0 Å². The van der Waals surface area contributed by atoms with Crippen LogP contribution in [0.4, 0.5) is 0 Å². The van der Waals surface area contributed by atoms with E-state index in [4.69, 9.17) is 9.47 Å². The zero-order valence-corrected chi connectivity index (χ0v) is 17.1. The van der Waals surface area contributed by atoms with E-state index in [9.17, 15) is 0 Å². The molecule has 4 nitrogen and oxygen atoms in total. The molecule has 0 saturated carbocycles. The van der Waals surface area contributed by atoms with Gasteiger partial charge in [0.2, 0.25) is 0 Å². The molecule has 0 atom stereocenters. The van der Waals surface area contributed by atoms with Crippen molar-refractivity contribution in [1.82, 2.24) is 0 Å². The predicted octanol–water partition coefficient (Wildman–Crippen LogP) is 1.22. The number of fused-ring (bicyclic) bond motifs is 1. The van der Waals surface area contributed by atoms with E-state index in [1.165, 1.54) is 37.1 Å². The van der Waals surface area contributed by atoms with Crippen molar-refractivity contribution >= 4 is 10.8 Å². The second kappa shape index (κ2) is 10.4. The van der Waals surface area contributed by atoms with Crippen LogP contribution in [0.3, 0.4) is 0 Å². The van der Waals surface area contributed by atoms with Gasteiger partial charge < -0.3 is 19.3 Å². The molecule has 1 aliphatic heterocycles. The summed E-state index contributed by atoms with van der Waals surface area (Å²) in [4.78, 5) is 3.36. The molecule has 29 heavy (non-hydrogen) atoms. The fourth-order valence-electron chi connectivity index (χ4n) is 4.12. The van der Waals surface area contributed by atoms with Gasteiger partial charge in [-0.05, 0) is 11.5 Å². The molecule has 4 heteroatoms. The van der Waals surface area contributed by atoms with Crippen LogP contribution < -0.4 is 14.5 Å². The first-order valence-electron chi connectivity index (χ1n) is 10.8. The second-order valence-corrected chi connectivity index (χ2v) is 7.85. The first-order valence-corrected chi connectivity index (χ1v) is 10.8. The van der Waals surface area contributed by atoms with E-state index in [0.29, 0.717) is 13.2 Å². The van der Waals surface area contributed by atoms with Gasteiger partial charge in [-0.15, -0.1) is 0 Å². The number of hydrogen-bond acceptors (Lipinski definition) is 2. The van der Waals surface area contributed by atoms with E-state index in [2.05, 4.69) is 60.7 Å². The lowest BCUT2D eigenvalue weighted by atomic mass is 10.1. The van der Waals surface area contributed by atoms with Crippen LogP contribution in [0.15, 0.2) is 72.8 Å². The lowest BCUT2D eigenvalue weighted by Crippen LogP contribution is -3.27. The number of nitrogens with one attached hydrogen (secondary N) is 2. The summed E-state index contributed by atoms with van der Waals surface area (Å²) in [5.74, 6) is 0.940. The van der Waals surface area contributed by atoms with Crippen LogP contribution in [0.1, 0.15) is 5.56 Å². The van der Waals surface area contributed by atoms with E-state index in [1.807, 2.05) is 12.1 Å². The average molecular weight is 393 g/mol. The summed E-state index contributed by atoms with van der Waals surface area (Å²) in [6.07, 6.45) is 0. The number of benzene rings is 3. The summed E-state index contributed by atoms with van der Waals surface area (Å²) in [6, 6.07) is 25.4. The van der Waals surface area contributed by atoms with Crippen molar-refractivity contribution < 1.29 is 19.3 Å². The molecule has 0 aromatic heterocycles. The maximum atomic E-state index is 5.95. The van der Waals surface area contributed by atoms with Gasteiger partial charge in [-0.3, -0.25) is 0 Å². The van der Waals surface area contributed by atoms with Gasteiger partial charge in [0.1, 0.15) is 51.6 Å². The Labute approximate surface area is 173 Å². The minimum Gasteiger partial charge on any atom is -0.491 e. The molecule has 4 rings (SSSR count). The van der Waals surface area contributed by atoms with Gasteiger partial charge in [0.05, 0.1) is 13.2 Å². The molecule has 2 N–H and O–H groups in total. The Hall–Kier alpha value is -2.40. The van der Waals surface area contributed by atoms with Crippen molar-refractivity contribution in [2.45, 2.75) is 6.54 Å². The molecule has 3 aromatic rings. The third-order valence-electron chi connectivity index (χ3n) is 5.80. The summed E-state index contributed by atoms with van der Waals surface area (Å²) in [6.45, 7) is 9.24. The Morgan fingerprint density at radius 2 is 1.38 bits per heavy atom. The Balaban J connectivity index is 1.10. The van der Waals surface area contributed by atoms with Gasteiger partial charge >= 0.3 is 0 Å². The third kappa shape index (κ3) is 5.80. The minimum absolute atomic E-state index is 0.596. The van der Waals surface area contributed by atoms with Crippen molar-refractivity contribution in [3.8, 4) is 5.75 Å². The lowest BCUT2D eigenvalue weighted by molar-refractivity contribution is -1.02. The van der Waals surface area contributed by atoms with Crippen molar-refractivity contribution in [2.75, 3.05) is 52.5 Å². The first-order chi connectivity index (χ1) is 14.4. The minimum atomic E-state index is 0.596. The highest BCUT2D eigenvalue weighted by Crippen LogP contribution is 2.24. The Kier molecular flexibility index (Phi) is 7.13. The quantitative estimate of drug-likeness (QED) is 0.536. The monoisotopic (exact) mass is 392 g/mol. The van der Waals surface area contributed by atoms with E-state index in [-0.39, 0.29) is 0 Å². The summed E-state index contributed by atoms with van der Waals surface area (Å²) < 4.78 is 11.8. The molecule has 1 aliphatic rings. The smallest absolute Gasteiger partial charge is 0.127 e. The zero-order valence-electron chi connectivity index (χ0n) is 17.1. The first kappa shape index (κ1) is 19.9. The standard InChI is InChI=1S/C25H30N2O2/c1-2-7-22(8-3-1)21-27-15-13-26(14-16-27)17-18-28-19-20-29-25-12-6-10-23-9-4-5-11-24(23)25/h1-12H,13-21H2/p+2. The van der Waals surface area contributed by atoms with Crippen molar-refractivity contribution in [3.63, 3.8) is 0 Å². The number of ether oxygens (including phenoxy) is 2. The SMILES string of the molecule is c1ccc(C[NH+]2CC[NH+](CCOCCOc3cccc4ccccc34)CC2)cc1. The summed E-state index contributed by atoms with van der Waals surface area (Å²) in [7, 11) is 0. The highest BCUT2D eigenvalue weighted by Gasteiger charge is 2.22. The predicted molar refractivity (Wildman–Crippen MR) is 117 cm³/mol. The highest BCUT2D eigenvalue weighted by atomic mass is 16.5. The molecule has 0 bridgehead atoms. The highest BCUT2D eigenvalue weighted by molar-refractivity contribution is 5.88. The largest absolute Gasteiger partial charge is 0.491 e. The van der Waals surface area contributed by atoms with Crippen LogP contribution >= 0.6 is 0 Å². The van der Waals surface area contributed by atoms with Crippen LogP contribution in [0.2, 0.25) is 0 Å². The molecule has 0 radical (unpaired) electrons. The second-order valence-electron chi connectivity index (χ2n) is 7.85. The Bertz CT molecular complexity index is 871. The van der Waals surface area contributed by atoms with Gasteiger partial charge in [0, 0.05) is 10.9 Å². The molecule has 0 aliphatic carbocycles. The van der Waals surface area contributed by atoms with Gasteiger partial charge in [-0.1, -0.05) is 66.7 Å². The molecule has 0 spiro atoms. The molecular weight excluding hydrogens is 360 g/mol. The van der Waals surface area contributed by atoms with Crippen LogP contribution in [0, 0.1) is 0 Å². The fraction of sp³-hybridized carbons (Fsp3) is 0.360. The van der Waals surface area contributed by atoms with Crippen LogP contribution in [0.5, 0.6) is 5.75 Å². The fourth-order valence-corrected chi connectivity index (χ4v) is 4.12. The zero-order chi connectivity index (χ0) is 19.7. The van der Waals surface area contributed by atoms with Crippen molar-refractivity contribution in [2.24, 2.45) is 0 Å². The lowest BCUT2D eigenvalue weighted by Gasteiger charge is -2.29. The number of quaternary nitrogens is 2. The average Bonchev–Trinajstić information content (AvgIpc) is 2.78. The van der Waals surface area contributed by atoms with Crippen LogP contribution in [-0.4, -0.2) is 52.5 Å². The molecule has 0 unspecified atom stereocenters. The molecule has 1 heterocycles. The normalized spacial score (nSPS) is 19.3. The molecule has 0 amide bonds. The maximum absolute atomic E-state index is 5.95. The van der Waals surface area contributed by atoms with Crippen molar-refractivity contribution in [3.05, 3.63) is 78.4 Å². The van der Waals surface area contributed by atoms with Crippen LogP contribution in [0.25, 0.3) is 10.8 Å². The molecule has 1 fully saturated rings. The number of piperazine rings is 1. The van der Waals surface area contributed by atoms with Crippen LogP contribution in [-0.2, 0) is 11.3 Å². The number of hydrogen-bond donors (Lipinski definition) is 2. The third-order valence-corrected chi connectivity index (χ3v) is 5.80. The summed E-state index contributed by atoms with van der Waals surface area (Å²) in [5, 5.41) is 2.37. The van der Waals surface area contributed by atoms with Gasteiger partial charge in [-0.2, -0.15) is 0 Å². The van der Waals surface area contributed by atoms with E-state index < -0.39 is 0 Å².